The Morgan fingerprint density at radius 2 is 1.88 bits per heavy atom. The molecule has 10 nitrogen and oxygen atoms in total. The zero-order valence-corrected chi connectivity index (χ0v) is 19.2. The SMILES string of the molecule is CC(C)=CCN1c2c(n(C)c(=O)n(CCCl)c2=O)N(OC(=O)C(F)(F)F)C1N1CCNCC1. The monoisotopic (exact) mass is 494 g/mol. The third kappa shape index (κ3) is 4.89. The van der Waals surface area contributed by atoms with E-state index in [2.05, 4.69) is 5.32 Å². The molecule has 2 aliphatic heterocycles. The van der Waals surface area contributed by atoms with Crippen molar-refractivity contribution in [2.45, 2.75) is 32.9 Å². The van der Waals surface area contributed by atoms with Crippen LogP contribution in [0.4, 0.5) is 24.7 Å². The van der Waals surface area contributed by atoms with Crippen LogP contribution in [0.15, 0.2) is 21.2 Å². The molecule has 1 aromatic rings. The van der Waals surface area contributed by atoms with Crippen LogP contribution in [0.3, 0.4) is 0 Å². The van der Waals surface area contributed by atoms with E-state index in [1.807, 2.05) is 13.8 Å². The second-order valence-corrected chi connectivity index (χ2v) is 8.31. The Hall–Kier alpha value is -2.51. The predicted octanol–water partition coefficient (Wildman–Crippen LogP) is 0.588. The number of fused-ring (bicyclic) bond motifs is 1. The molecule has 0 spiro atoms. The first-order valence-electron chi connectivity index (χ1n) is 10.3. The van der Waals surface area contributed by atoms with Gasteiger partial charge in [-0.25, -0.2) is 9.59 Å². The van der Waals surface area contributed by atoms with E-state index in [9.17, 15) is 27.6 Å². The maximum absolute atomic E-state index is 13.3. The number of aromatic nitrogens is 2. The molecule has 1 aromatic heterocycles. The van der Waals surface area contributed by atoms with Gasteiger partial charge in [0.2, 0.25) is 0 Å². The van der Waals surface area contributed by atoms with Gasteiger partial charge in [0.1, 0.15) is 0 Å². The molecule has 1 saturated heterocycles. The molecule has 33 heavy (non-hydrogen) atoms. The highest BCUT2D eigenvalue weighted by Gasteiger charge is 2.50. The fourth-order valence-corrected chi connectivity index (χ4v) is 4.00. The highest BCUT2D eigenvalue weighted by molar-refractivity contribution is 6.17. The lowest BCUT2D eigenvalue weighted by Gasteiger charge is -2.40. The number of allylic oxidation sites excluding steroid dienone is 1. The van der Waals surface area contributed by atoms with Gasteiger partial charge in [0.15, 0.2) is 17.8 Å². The predicted molar refractivity (Wildman–Crippen MR) is 116 cm³/mol. The van der Waals surface area contributed by atoms with Crippen molar-refractivity contribution in [1.29, 1.82) is 0 Å². The van der Waals surface area contributed by atoms with Crippen LogP contribution < -0.4 is 26.5 Å². The van der Waals surface area contributed by atoms with Crippen molar-refractivity contribution in [2.75, 3.05) is 48.6 Å². The molecule has 2 aliphatic rings. The van der Waals surface area contributed by atoms with E-state index in [0.29, 0.717) is 26.2 Å². The maximum atomic E-state index is 13.3. The lowest BCUT2D eigenvalue weighted by molar-refractivity contribution is -0.203. The van der Waals surface area contributed by atoms with Crippen LogP contribution in [0.5, 0.6) is 0 Å². The number of alkyl halides is 4. The quantitative estimate of drug-likeness (QED) is 0.454. The molecule has 3 heterocycles. The number of anilines is 2. The van der Waals surface area contributed by atoms with Gasteiger partial charge in [-0.2, -0.15) is 13.2 Å². The first-order valence-corrected chi connectivity index (χ1v) is 10.9. The summed E-state index contributed by atoms with van der Waals surface area (Å²) < 4.78 is 41.3. The van der Waals surface area contributed by atoms with Gasteiger partial charge in [-0.1, -0.05) is 11.6 Å². The molecule has 0 saturated carbocycles. The Labute approximate surface area is 192 Å². The van der Waals surface area contributed by atoms with Crippen molar-refractivity contribution < 1.29 is 22.8 Å². The fourth-order valence-electron chi connectivity index (χ4n) is 3.83. The number of carbonyl (C=O) groups excluding carboxylic acids is 1. The van der Waals surface area contributed by atoms with Crippen molar-refractivity contribution in [3.05, 3.63) is 32.5 Å². The summed E-state index contributed by atoms with van der Waals surface area (Å²) in [5.74, 6) is -2.69. The van der Waals surface area contributed by atoms with Crippen LogP contribution >= 0.6 is 11.6 Å². The van der Waals surface area contributed by atoms with Gasteiger partial charge in [-0.05, 0) is 13.8 Å². The van der Waals surface area contributed by atoms with Crippen LogP contribution in [0, 0.1) is 0 Å². The van der Waals surface area contributed by atoms with Crippen molar-refractivity contribution in [3.63, 3.8) is 0 Å². The Kier molecular flexibility index (Phi) is 7.44. The molecule has 0 radical (unpaired) electrons. The Morgan fingerprint density at radius 1 is 1.24 bits per heavy atom. The number of nitrogens with zero attached hydrogens (tertiary/aromatic N) is 5. The minimum Gasteiger partial charge on any atom is -0.327 e. The molecule has 1 N–H and O–H groups in total. The van der Waals surface area contributed by atoms with Crippen LogP contribution in [0.25, 0.3) is 0 Å². The zero-order valence-electron chi connectivity index (χ0n) is 18.5. The van der Waals surface area contributed by atoms with Gasteiger partial charge in [0.25, 0.3) is 5.56 Å². The summed E-state index contributed by atoms with van der Waals surface area (Å²) in [4.78, 5) is 46.2. The zero-order chi connectivity index (χ0) is 24.5. The average Bonchev–Trinajstić information content (AvgIpc) is 3.07. The normalized spacial score (nSPS) is 18.9. The number of hydrogen-bond acceptors (Lipinski definition) is 8. The topological polar surface area (TPSA) is 92.0 Å². The summed E-state index contributed by atoms with van der Waals surface area (Å²) >= 11 is 5.77. The number of carbonyl (C=O) groups is 1. The van der Waals surface area contributed by atoms with Gasteiger partial charge < -0.3 is 15.1 Å². The summed E-state index contributed by atoms with van der Waals surface area (Å²) in [6.45, 7) is 5.63. The molecule has 1 unspecified atom stereocenters. The minimum atomic E-state index is -5.27. The van der Waals surface area contributed by atoms with E-state index in [1.165, 1.54) is 7.05 Å². The van der Waals surface area contributed by atoms with E-state index in [0.717, 1.165) is 19.8 Å². The minimum absolute atomic E-state index is 0.0180. The lowest BCUT2D eigenvalue weighted by Crippen LogP contribution is -2.61. The molecule has 0 bridgehead atoms. The van der Waals surface area contributed by atoms with Gasteiger partial charge in [-0.15, -0.1) is 16.7 Å². The number of rotatable bonds is 6. The Morgan fingerprint density at radius 3 is 2.42 bits per heavy atom. The number of nitrogens with one attached hydrogen (secondary N) is 1. The standard InChI is InChI=1S/C19H26ClF3N6O4/c1-12(2)4-8-27-13-14(25(3)18(32)28(9-5-20)15(13)30)29(33-16(31)19(21,22)23)17(27)26-10-6-24-7-11-26/h4,17,24H,5-11H2,1-3H3. The molecule has 0 aliphatic carbocycles. The van der Waals surface area contributed by atoms with E-state index in [4.69, 9.17) is 16.4 Å². The van der Waals surface area contributed by atoms with E-state index < -0.39 is 29.7 Å². The summed E-state index contributed by atoms with van der Waals surface area (Å²) in [6.07, 6.45) is -4.53. The van der Waals surface area contributed by atoms with Gasteiger partial charge in [-0.3, -0.25) is 18.8 Å². The third-order valence-corrected chi connectivity index (χ3v) is 5.54. The second-order valence-electron chi connectivity index (χ2n) is 7.93. The Bertz CT molecular complexity index is 1040. The van der Waals surface area contributed by atoms with Gasteiger partial charge in [0.05, 0.1) is 0 Å². The summed E-state index contributed by atoms with van der Waals surface area (Å²) in [7, 11) is 1.30. The smallest absolute Gasteiger partial charge is 0.327 e. The van der Waals surface area contributed by atoms with Crippen LogP contribution in [0.2, 0.25) is 0 Å². The molecule has 0 aromatic carbocycles. The third-order valence-electron chi connectivity index (χ3n) is 5.37. The van der Waals surface area contributed by atoms with Gasteiger partial charge in [0, 0.05) is 52.2 Å². The summed E-state index contributed by atoms with van der Waals surface area (Å²) in [6, 6.07) is 0. The highest BCUT2D eigenvalue weighted by Crippen LogP contribution is 2.38. The van der Waals surface area contributed by atoms with Crippen LogP contribution in [-0.2, 0) is 23.2 Å². The van der Waals surface area contributed by atoms with Crippen molar-refractivity contribution in [1.82, 2.24) is 19.4 Å². The molecule has 184 valence electrons. The number of hydrogen-bond donors (Lipinski definition) is 1. The van der Waals surface area contributed by atoms with E-state index >= 15 is 0 Å². The summed E-state index contributed by atoms with van der Waals surface area (Å²) in [5.41, 5.74) is -0.636. The average molecular weight is 495 g/mol. The van der Waals surface area contributed by atoms with Crippen LogP contribution in [0.1, 0.15) is 13.8 Å². The molecule has 14 heteroatoms. The van der Waals surface area contributed by atoms with E-state index in [-0.39, 0.29) is 30.5 Å². The van der Waals surface area contributed by atoms with Gasteiger partial charge >= 0.3 is 17.8 Å². The summed E-state index contributed by atoms with van der Waals surface area (Å²) in [5, 5.41) is 3.87. The van der Waals surface area contributed by atoms with E-state index in [1.54, 1.807) is 15.9 Å². The number of hydroxylamine groups is 1. The largest absolute Gasteiger partial charge is 0.493 e. The second kappa shape index (κ2) is 9.77. The number of halogens is 4. The van der Waals surface area contributed by atoms with Crippen molar-refractivity contribution >= 4 is 29.1 Å². The van der Waals surface area contributed by atoms with Crippen molar-refractivity contribution in [2.24, 2.45) is 7.05 Å². The molecule has 1 atom stereocenters. The molecule has 0 amide bonds. The number of piperazine rings is 1. The lowest BCUT2D eigenvalue weighted by atomic mass is 10.3. The molecular weight excluding hydrogens is 469 g/mol. The molecule has 1 fully saturated rings. The first kappa shape index (κ1) is 25.1. The van der Waals surface area contributed by atoms with Crippen LogP contribution in [-0.4, -0.2) is 71.1 Å². The Balaban J connectivity index is 2.26. The molecular formula is C19H26ClF3N6O4. The maximum Gasteiger partial charge on any atom is 0.493 e. The molecule has 3 rings (SSSR count). The van der Waals surface area contributed by atoms with Crippen molar-refractivity contribution in [3.8, 4) is 0 Å². The fraction of sp³-hybridized carbons (Fsp3) is 0.632. The highest BCUT2D eigenvalue weighted by atomic mass is 35.5. The first-order chi connectivity index (χ1) is 15.5.